The molecule has 7 heteroatoms. The van der Waals surface area contributed by atoms with Crippen molar-refractivity contribution in [2.24, 2.45) is 5.92 Å². The average Bonchev–Trinajstić information content (AvgIpc) is 3.30. The van der Waals surface area contributed by atoms with Crippen LogP contribution in [0, 0.1) is 17.2 Å². The number of carbonyl (C=O) groups excluding carboxylic acids is 1. The van der Waals surface area contributed by atoms with Crippen LogP contribution < -0.4 is 10.6 Å². The van der Waals surface area contributed by atoms with Gasteiger partial charge in [-0.15, -0.1) is 0 Å². The van der Waals surface area contributed by atoms with E-state index in [9.17, 15) is 10.1 Å². The van der Waals surface area contributed by atoms with Crippen molar-refractivity contribution in [3.05, 3.63) is 71.7 Å². The van der Waals surface area contributed by atoms with E-state index in [1.165, 1.54) is 11.3 Å². The zero-order valence-electron chi connectivity index (χ0n) is 21.0. The monoisotopic (exact) mass is 472 g/mol. The Labute approximate surface area is 208 Å². The molecule has 1 aromatic rings. The molecule has 3 atom stereocenters. The van der Waals surface area contributed by atoms with Crippen molar-refractivity contribution in [2.75, 3.05) is 33.2 Å². The predicted molar refractivity (Wildman–Crippen MR) is 137 cm³/mol. The first-order valence-corrected chi connectivity index (χ1v) is 12.7. The molecular formula is C28H36N6O. The summed E-state index contributed by atoms with van der Waals surface area (Å²) < 4.78 is 0. The van der Waals surface area contributed by atoms with Crippen LogP contribution in [0.3, 0.4) is 0 Å². The van der Waals surface area contributed by atoms with Gasteiger partial charge in [0, 0.05) is 56.7 Å². The van der Waals surface area contributed by atoms with Gasteiger partial charge in [-0.05, 0) is 56.0 Å². The number of carbonyl (C=O) groups is 1. The van der Waals surface area contributed by atoms with Crippen LogP contribution in [0.5, 0.6) is 0 Å². The van der Waals surface area contributed by atoms with E-state index in [1.54, 1.807) is 0 Å². The SMILES string of the molecule is C[C@@H]1CCN(C(=O)N2CCC(C#N)(c3ccccc3)CC2)CC1N(C)C1=C2C=CNC2(C)NC=C1. The van der Waals surface area contributed by atoms with Crippen LogP contribution in [-0.4, -0.2) is 65.7 Å². The third-order valence-electron chi connectivity index (χ3n) is 8.54. The molecule has 2 N–H and O–H groups in total. The van der Waals surface area contributed by atoms with Crippen molar-refractivity contribution >= 4 is 6.03 Å². The second kappa shape index (κ2) is 8.99. The summed E-state index contributed by atoms with van der Waals surface area (Å²) in [6.45, 7) is 7.17. The Morgan fingerprint density at radius 1 is 1.09 bits per heavy atom. The molecule has 4 aliphatic rings. The van der Waals surface area contributed by atoms with Gasteiger partial charge in [-0.25, -0.2) is 4.79 Å². The van der Waals surface area contributed by atoms with E-state index in [0.29, 0.717) is 38.4 Å². The highest BCUT2D eigenvalue weighted by molar-refractivity contribution is 5.75. The number of likely N-dealkylation sites (N-methyl/N-ethyl adjacent to an activating group) is 1. The average molecular weight is 473 g/mol. The number of rotatable bonds is 3. The Morgan fingerprint density at radius 3 is 2.46 bits per heavy atom. The summed E-state index contributed by atoms with van der Waals surface area (Å²) in [4.78, 5) is 19.9. The number of likely N-dealkylation sites (tertiary alicyclic amines) is 2. The highest BCUT2D eigenvalue weighted by Crippen LogP contribution is 2.36. The summed E-state index contributed by atoms with van der Waals surface area (Å²) in [5, 5.41) is 16.8. The first-order chi connectivity index (χ1) is 16.9. The highest BCUT2D eigenvalue weighted by atomic mass is 16.2. The predicted octanol–water partition coefficient (Wildman–Crippen LogP) is 3.51. The van der Waals surface area contributed by atoms with Crippen LogP contribution in [0.1, 0.15) is 38.7 Å². The standard InChI is InChI=1S/C28H36N6O/c1-21-11-16-34(19-25(21)32(3)24-10-15-31-27(2)23(24)9-14-30-27)26(35)33-17-12-28(20-29,13-18-33)22-7-5-4-6-8-22/h4-10,14-15,21,25,30-31H,11-13,16-19H2,1-3H3/t21-,25?,27?/m1/s1. The van der Waals surface area contributed by atoms with Crippen molar-refractivity contribution in [3.63, 3.8) is 0 Å². The van der Waals surface area contributed by atoms with Crippen molar-refractivity contribution in [1.82, 2.24) is 25.3 Å². The zero-order chi connectivity index (χ0) is 24.6. The van der Waals surface area contributed by atoms with E-state index in [1.807, 2.05) is 52.5 Å². The Balaban J connectivity index is 1.27. The lowest BCUT2D eigenvalue weighted by Gasteiger charge is -2.46. The molecule has 0 radical (unpaired) electrons. The second-order valence-corrected chi connectivity index (χ2v) is 10.6. The number of piperidine rings is 2. The van der Waals surface area contributed by atoms with Gasteiger partial charge in [0.2, 0.25) is 0 Å². The fourth-order valence-electron chi connectivity index (χ4n) is 6.09. The lowest BCUT2D eigenvalue weighted by molar-refractivity contribution is 0.0817. The molecule has 0 saturated carbocycles. The van der Waals surface area contributed by atoms with Crippen LogP contribution in [-0.2, 0) is 5.41 Å². The third-order valence-corrected chi connectivity index (χ3v) is 8.54. The first kappa shape index (κ1) is 23.3. The molecule has 2 saturated heterocycles. The molecule has 2 unspecified atom stereocenters. The van der Waals surface area contributed by atoms with E-state index in [4.69, 9.17) is 0 Å². The fraction of sp³-hybridized carbons (Fsp3) is 0.500. The molecule has 2 fully saturated rings. The van der Waals surface area contributed by atoms with E-state index < -0.39 is 5.41 Å². The van der Waals surface area contributed by atoms with Gasteiger partial charge in [0.05, 0.1) is 11.5 Å². The van der Waals surface area contributed by atoms with Crippen LogP contribution in [0.25, 0.3) is 0 Å². The van der Waals surface area contributed by atoms with Gasteiger partial charge in [-0.2, -0.15) is 5.26 Å². The fourth-order valence-corrected chi connectivity index (χ4v) is 6.09. The Hall–Kier alpha value is -3.40. The molecule has 184 valence electrons. The maximum atomic E-state index is 13.6. The quantitative estimate of drug-likeness (QED) is 0.704. The summed E-state index contributed by atoms with van der Waals surface area (Å²) >= 11 is 0. The molecule has 0 aliphatic carbocycles. The third kappa shape index (κ3) is 4.05. The Bertz CT molecular complexity index is 1090. The minimum atomic E-state index is -0.498. The molecule has 2 amide bonds. The number of amides is 2. The zero-order valence-corrected chi connectivity index (χ0v) is 21.0. The molecule has 0 aromatic heterocycles. The van der Waals surface area contributed by atoms with Gasteiger partial charge in [-0.3, -0.25) is 0 Å². The molecule has 35 heavy (non-hydrogen) atoms. The molecule has 5 rings (SSSR count). The van der Waals surface area contributed by atoms with Gasteiger partial charge in [0.15, 0.2) is 0 Å². The number of dihydropyridines is 1. The largest absolute Gasteiger partial charge is 0.369 e. The van der Waals surface area contributed by atoms with Gasteiger partial charge in [-0.1, -0.05) is 37.3 Å². The number of nitrogens with zero attached hydrogens (tertiary/aromatic N) is 4. The molecule has 7 nitrogen and oxygen atoms in total. The van der Waals surface area contributed by atoms with Crippen molar-refractivity contribution in [1.29, 1.82) is 5.26 Å². The second-order valence-electron chi connectivity index (χ2n) is 10.6. The number of hydrogen-bond acceptors (Lipinski definition) is 5. The van der Waals surface area contributed by atoms with Crippen molar-refractivity contribution in [3.8, 4) is 6.07 Å². The lowest BCUT2D eigenvalue weighted by atomic mass is 9.74. The number of benzene rings is 1. The number of nitriles is 1. The molecular weight excluding hydrogens is 436 g/mol. The number of nitrogens with one attached hydrogen (secondary N) is 2. The molecule has 0 bridgehead atoms. The Morgan fingerprint density at radius 2 is 1.77 bits per heavy atom. The number of fused-ring (bicyclic) bond motifs is 1. The summed E-state index contributed by atoms with van der Waals surface area (Å²) in [6.07, 6.45) is 10.6. The highest BCUT2D eigenvalue weighted by Gasteiger charge is 2.41. The first-order valence-electron chi connectivity index (χ1n) is 12.7. The van der Waals surface area contributed by atoms with E-state index >= 15 is 0 Å². The summed E-state index contributed by atoms with van der Waals surface area (Å²) in [7, 11) is 2.15. The molecule has 0 spiro atoms. The Kier molecular flexibility index (Phi) is 6.00. The van der Waals surface area contributed by atoms with Crippen LogP contribution in [0.2, 0.25) is 0 Å². The van der Waals surface area contributed by atoms with Crippen LogP contribution >= 0.6 is 0 Å². The summed E-state index contributed by atoms with van der Waals surface area (Å²) in [5.41, 5.74) is 2.70. The van der Waals surface area contributed by atoms with E-state index in [2.05, 4.69) is 54.6 Å². The molecule has 4 heterocycles. The minimum Gasteiger partial charge on any atom is -0.369 e. The smallest absolute Gasteiger partial charge is 0.320 e. The van der Waals surface area contributed by atoms with Crippen LogP contribution in [0.4, 0.5) is 4.79 Å². The number of allylic oxidation sites excluding steroid dienone is 1. The van der Waals surface area contributed by atoms with Crippen molar-refractivity contribution in [2.45, 2.75) is 50.2 Å². The number of hydrogen-bond donors (Lipinski definition) is 2. The van der Waals surface area contributed by atoms with Crippen LogP contribution in [0.15, 0.2) is 66.2 Å². The van der Waals surface area contributed by atoms with Gasteiger partial charge in [0.25, 0.3) is 0 Å². The molecule has 4 aliphatic heterocycles. The maximum Gasteiger partial charge on any atom is 0.320 e. The normalized spacial score (nSPS) is 29.2. The number of urea groups is 1. The summed E-state index contributed by atoms with van der Waals surface area (Å²) in [6, 6.07) is 13.0. The van der Waals surface area contributed by atoms with Gasteiger partial charge in [0.1, 0.15) is 5.66 Å². The maximum absolute atomic E-state index is 13.6. The van der Waals surface area contributed by atoms with E-state index in [0.717, 1.165) is 18.5 Å². The molecule has 1 aromatic carbocycles. The minimum absolute atomic E-state index is 0.112. The summed E-state index contributed by atoms with van der Waals surface area (Å²) in [5.74, 6) is 0.482. The lowest BCUT2D eigenvalue weighted by Crippen LogP contribution is -2.57. The van der Waals surface area contributed by atoms with Crippen molar-refractivity contribution < 1.29 is 4.79 Å². The van der Waals surface area contributed by atoms with Gasteiger partial charge < -0.3 is 25.3 Å². The van der Waals surface area contributed by atoms with E-state index in [-0.39, 0.29) is 17.7 Å². The van der Waals surface area contributed by atoms with Gasteiger partial charge >= 0.3 is 6.03 Å². The topological polar surface area (TPSA) is 74.6 Å².